The Morgan fingerprint density at radius 1 is 1.03 bits per heavy atom. The minimum atomic E-state index is -0.110. The number of methoxy groups -OCH3 is 2. The normalized spacial score (nSPS) is 10.8. The molecule has 0 atom stereocenters. The van der Waals surface area contributed by atoms with Crippen molar-refractivity contribution in [3.63, 3.8) is 0 Å². The quantitative estimate of drug-likeness (QED) is 0.329. The van der Waals surface area contributed by atoms with Crippen molar-refractivity contribution in [1.82, 2.24) is 20.2 Å². The Morgan fingerprint density at radius 2 is 1.86 bits per heavy atom. The van der Waals surface area contributed by atoms with Gasteiger partial charge < -0.3 is 24.7 Å². The van der Waals surface area contributed by atoms with E-state index in [0.29, 0.717) is 41.8 Å². The molecule has 0 amide bonds. The lowest BCUT2D eigenvalue weighted by Gasteiger charge is -2.26. The zero-order valence-electron chi connectivity index (χ0n) is 20.7. The molecule has 2 heterocycles. The van der Waals surface area contributed by atoms with Crippen LogP contribution in [0.5, 0.6) is 11.5 Å². The summed E-state index contributed by atoms with van der Waals surface area (Å²) >= 11 is 5.77. The average Bonchev–Trinajstić information content (AvgIpc) is 2.89. The van der Waals surface area contributed by atoms with Crippen LogP contribution in [0, 0.1) is 6.92 Å². The number of hydrogen-bond acceptors (Lipinski definition) is 5. The molecule has 0 radical (unpaired) electrons. The van der Waals surface area contributed by atoms with E-state index in [9.17, 15) is 4.79 Å². The highest BCUT2D eigenvalue weighted by atomic mass is 32.1. The third kappa shape index (κ3) is 6.01. The van der Waals surface area contributed by atoms with E-state index in [1.54, 1.807) is 20.4 Å². The second-order valence-corrected chi connectivity index (χ2v) is 8.94. The summed E-state index contributed by atoms with van der Waals surface area (Å²) in [5.74, 6) is 1.39. The van der Waals surface area contributed by atoms with Gasteiger partial charge in [-0.05, 0) is 71.9 Å². The number of aromatic amines is 1. The van der Waals surface area contributed by atoms with Gasteiger partial charge in [0, 0.05) is 31.0 Å². The molecule has 2 aromatic carbocycles. The van der Waals surface area contributed by atoms with Gasteiger partial charge in [0.1, 0.15) is 0 Å². The van der Waals surface area contributed by atoms with Crippen molar-refractivity contribution >= 4 is 28.2 Å². The number of pyridine rings is 2. The molecule has 4 aromatic rings. The Kier molecular flexibility index (Phi) is 8.17. The highest BCUT2D eigenvalue weighted by Gasteiger charge is 2.15. The number of aryl methyl sites for hydroxylation is 1. The fourth-order valence-electron chi connectivity index (χ4n) is 4.12. The number of benzene rings is 2. The maximum absolute atomic E-state index is 12.9. The molecule has 0 aliphatic heterocycles. The minimum absolute atomic E-state index is 0.110. The van der Waals surface area contributed by atoms with Crippen molar-refractivity contribution in [3.05, 3.63) is 99.6 Å². The number of thiocarbonyl (C=S) groups is 1. The second-order valence-electron chi connectivity index (χ2n) is 8.55. The summed E-state index contributed by atoms with van der Waals surface area (Å²) in [6, 6.07) is 17.7. The van der Waals surface area contributed by atoms with E-state index in [-0.39, 0.29) is 5.56 Å². The van der Waals surface area contributed by atoms with Gasteiger partial charge in [0.05, 0.1) is 26.3 Å². The van der Waals surface area contributed by atoms with Crippen LogP contribution in [0.2, 0.25) is 0 Å². The van der Waals surface area contributed by atoms with Gasteiger partial charge in [-0.2, -0.15) is 0 Å². The molecular formula is C28H30N4O3S. The molecule has 0 unspecified atom stereocenters. The molecule has 0 fully saturated rings. The van der Waals surface area contributed by atoms with Crippen LogP contribution in [-0.2, 0) is 19.5 Å². The highest BCUT2D eigenvalue weighted by Crippen LogP contribution is 2.27. The first-order chi connectivity index (χ1) is 17.5. The van der Waals surface area contributed by atoms with E-state index in [1.807, 2.05) is 72.6 Å². The maximum atomic E-state index is 12.9. The Morgan fingerprint density at radius 3 is 2.61 bits per heavy atom. The van der Waals surface area contributed by atoms with Crippen LogP contribution in [-0.4, -0.2) is 40.7 Å². The molecule has 8 heteroatoms. The van der Waals surface area contributed by atoms with Crippen LogP contribution >= 0.6 is 12.2 Å². The first-order valence-corrected chi connectivity index (χ1v) is 12.1. The molecule has 186 valence electrons. The highest BCUT2D eigenvalue weighted by molar-refractivity contribution is 7.80. The topological polar surface area (TPSA) is 79.5 Å². The van der Waals surface area contributed by atoms with E-state index in [1.165, 1.54) is 0 Å². The SMILES string of the molecule is COc1ccc(CCNC(=S)N(Cc2cccnc2)Cc2cc3cccc(C)c3[nH]c2=O)cc1OC. The lowest BCUT2D eigenvalue weighted by atomic mass is 10.1. The van der Waals surface area contributed by atoms with Gasteiger partial charge in [0.25, 0.3) is 5.56 Å². The van der Waals surface area contributed by atoms with Crippen LogP contribution < -0.4 is 20.3 Å². The Bertz CT molecular complexity index is 1410. The number of fused-ring (bicyclic) bond motifs is 1. The van der Waals surface area contributed by atoms with Crippen LogP contribution in [0.4, 0.5) is 0 Å². The summed E-state index contributed by atoms with van der Waals surface area (Å²) in [6.45, 7) is 3.52. The van der Waals surface area contributed by atoms with E-state index in [4.69, 9.17) is 21.7 Å². The van der Waals surface area contributed by atoms with Gasteiger partial charge in [-0.15, -0.1) is 0 Å². The zero-order chi connectivity index (χ0) is 25.5. The minimum Gasteiger partial charge on any atom is -0.493 e. The maximum Gasteiger partial charge on any atom is 0.253 e. The number of nitrogens with zero attached hydrogens (tertiary/aromatic N) is 2. The molecular weight excluding hydrogens is 472 g/mol. The van der Waals surface area contributed by atoms with Crippen molar-refractivity contribution in [2.45, 2.75) is 26.4 Å². The van der Waals surface area contributed by atoms with Crippen LogP contribution in [0.1, 0.15) is 22.3 Å². The third-order valence-electron chi connectivity index (χ3n) is 6.05. The van der Waals surface area contributed by atoms with Gasteiger partial charge in [0.15, 0.2) is 16.6 Å². The van der Waals surface area contributed by atoms with Crippen molar-refractivity contribution in [3.8, 4) is 11.5 Å². The first-order valence-electron chi connectivity index (χ1n) is 11.7. The zero-order valence-corrected chi connectivity index (χ0v) is 21.5. The molecule has 0 spiro atoms. The molecule has 0 aliphatic carbocycles. The van der Waals surface area contributed by atoms with Crippen LogP contribution in [0.25, 0.3) is 10.9 Å². The molecule has 0 aliphatic rings. The summed E-state index contributed by atoms with van der Waals surface area (Å²) in [5, 5.41) is 4.93. The number of hydrogen-bond donors (Lipinski definition) is 2. The molecule has 0 saturated carbocycles. The van der Waals surface area contributed by atoms with Gasteiger partial charge in [-0.25, -0.2) is 0 Å². The molecule has 0 bridgehead atoms. The Labute approximate surface area is 216 Å². The summed E-state index contributed by atoms with van der Waals surface area (Å²) in [7, 11) is 3.25. The molecule has 2 N–H and O–H groups in total. The predicted octanol–water partition coefficient (Wildman–Crippen LogP) is 4.37. The molecule has 2 aromatic heterocycles. The summed E-state index contributed by atoms with van der Waals surface area (Å²) in [5.41, 5.74) is 4.55. The predicted molar refractivity (Wildman–Crippen MR) is 147 cm³/mol. The third-order valence-corrected chi connectivity index (χ3v) is 6.45. The number of aromatic nitrogens is 2. The number of nitrogens with one attached hydrogen (secondary N) is 2. The number of rotatable bonds is 9. The smallest absolute Gasteiger partial charge is 0.253 e. The van der Waals surface area contributed by atoms with Crippen molar-refractivity contribution in [2.75, 3.05) is 20.8 Å². The number of ether oxygens (including phenoxy) is 2. The van der Waals surface area contributed by atoms with Crippen molar-refractivity contribution in [1.29, 1.82) is 0 Å². The van der Waals surface area contributed by atoms with Gasteiger partial charge >= 0.3 is 0 Å². The lowest BCUT2D eigenvalue weighted by molar-refractivity contribution is 0.354. The fourth-order valence-corrected chi connectivity index (χ4v) is 4.36. The van der Waals surface area contributed by atoms with E-state index < -0.39 is 0 Å². The first kappa shape index (κ1) is 25.2. The number of para-hydroxylation sites is 1. The summed E-state index contributed by atoms with van der Waals surface area (Å²) in [6.07, 6.45) is 4.30. The van der Waals surface area contributed by atoms with Gasteiger partial charge in [-0.1, -0.05) is 30.3 Å². The van der Waals surface area contributed by atoms with E-state index >= 15 is 0 Å². The average molecular weight is 503 g/mol. The number of H-pyrrole nitrogens is 1. The van der Waals surface area contributed by atoms with E-state index in [0.717, 1.165) is 34.0 Å². The van der Waals surface area contributed by atoms with Crippen LogP contribution in [0.15, 0.2) is 71.8 Å². The van der Waals surface area contributed by atoms with Crippen molar-refractivity contribution < 1.29 is 9.47 Å². The fraction of sp³-hybridized carbons (Fsp3) is 0.250. The molecule has 7 nitrogen and oxygen atoms in total. The molecule has 36 heavy (non-hydrogen) atoms. The monoisotopic (exact) mass is 502 g/mol. The second kappa shape index (κ2) is 11.7. The standard InChI is InChI=1S/C28H30N4O3S/c1-19-6-4-8-22-15-23(27(33)31-26(19)22)18-32(17-21-7-5-12-29-16-21)28(36)30-13-11-20-9-10-24(34-2)25(14-20)35-3/h4-10,12,14-16H,11,13,17-18H2,1-3H3,(H,30,36)(H,31,33). The molecule has 0 saturated heterocycles. The van der Waals surface area contributed by atoms with Gasteiger partial charge in [0.2, 0.25) is 0 Å². The lowest BCUT2D eigenvalue weighted by Crippen LogP contribution is -2.40. The van der Waals surface area contributed by atoms with Crippen molar-refractivity contribution in [2.24, 2.45) is 0 Å². The summed E-state index contributed by atoms with van der Waals surface area (Å²) in [4.78, 5) is 22.2. The summed E-state index contributed by atoms with van der Waals surface area (Å²) < 4.78 is 10.7. The Hall–Kier alpha value is -3.91. The molecule has 4 rings (SSSR count). The Balaban J connectivity index is 1.50. The van der Waals surface area contributed by atoms with E-state index in [2.05, 4.69) is 15.3 Å². The largest absolute Gasteiger partial charge is 0.493 e. The van der Waals surface area contributed by atoms with Crippen LogP contribution in [0.3, 0.4) is 0 Å². The van der Waals surface area contributed by atoms with Gasteiger partial charge in [-0.3, -0.25) is 9.78 Å².